The van der Waals surface area contributed by atoms with Gasteiger partial charge in [-0.15, -0.1) is 0 Å². The second-order valence-corrected chi connectivity index (χ2v) is 7.64. The Kier molecular flexibility index (Phi) is 4.60. The maximum absolute atomic E-state index is 13.9. The summed E-state index contributed by atoms with van der Waals surface area (Å²) in [5.74, 6) is -3.75. The summed E-state index contributed by atoms with van der Waals surface area (Å²) in [5.41, 5.74) is -6.52. The van der Waals surface area contributed by atoms with Gasteiger partial charge < -0.3 is 9.84 Å². The van der Waals surface area contributed by atoms with E-state index in [-0.39, 0.29) is 30.8 Å². The van der Waals surface area contributed by atoms with E-state index in [1.807, 2.05) is 6.07 Å². The second-order valence-electron chi connectivity index (χ2n) is 6.53. The highest BCUT2D eigenvalue weighted by molar-refractivity contribution is 8.00. The average Bonchev–Trinajstić information content (AvgIpc) is 2.73. The van der Waals surface area contributed by atoms with E-state index >= 15 is 0 Å². The first-order valence-corrected chi connectivity index (χ1v) is 8.43. The Morgan fingerprint density at radius 1 is 1.31 bits per heavy atom. The number of ether oxygens (including phenoxy) is 1. The molecule has 142 valence electrons. The number of hydrogen-bond acceptors (Lipinski definition) is 4. The number of aliphatic hydroxyl groups excluding tert-OH is 1. The zero-order valence-electron chi connectivity index (χ0n) is 13.1. The molecule has 0 radical (unpaired) electrons. The molecule has 26 heavy (non-hydrogen) atoms. The van der Waals surface area contributed by atoms with E-state index in [1.54, 1.807) is 0 Å². The molecule has 1 aromatic carbocycles. The van der Waals surface area contributed by atoms with Crippen molar-refractivity contribution < 1.29 is 36.2 Å². The summed E-state index contributed by atoms with van der Waals surface area (Å²) in [7, 11) is 0. The molecule has 10 heteroatoms. The van der Waals surface area contributed by atoms with Gasteiger partial charge in [0.1, 0.15) is 24.6 Å². The normalized spacial score (nSPS) is 29.6. The number of alkyl halides is 6. The average molecular weight is 397 g/mol. The molecular weight excluding hydrogens is 384 g/mol. The lowest BCUT2D eigenvalue weighted by Crippen LogP contribution is -2.42. The minimum Gasteiger partial charge on any atom is -0.492 e. The summed E-state index contributed by atoms with van der Waals surface area (Å²) in [6.07, 6.45) is -4.59. The van der Waals surface area contributed by atoms with Crippen LogP contribution in [0.2, 0.25) is 0 Å². The van der Waals surface area contributed by atoms with Crippen LogP contribution in [-0.4, -0.2) is 29.3 Å². The van der Waals surface area contributed by atoms with Gasteiger partial charge in [-0.25, -0.2) is 13.2 Å². The molecule has 0 saturated heterocycles. The first-order valence-electron chi connectivity index (χ1n) is 7.62. The largest absolute Gasteiger partial charge is 0.492 e. The topological polar surface area (TPSA) is 53.2 Å². The third kappa shape index (κ3) is 3.47. The monoisotopic (exact) mass is 397 g/mol. The van der Waals surface area contributed by atoms with Crippen LogP contribution in [0, 0.1) is 16.7 Å². The first-order chi connectivity index (χ1) is 12.0. The molecule has 0 heterocycles. The van der Waals surface area contributed by atoms with Crippen molar-refractivity contribution in [1.82, 2.24) is 0 Å². The lowest BCUT2D eigenvalue weighted by atomic mass is 9.69. The van der Waals surface area contributed by atoms with Crippen LogP contribution in [0.1, 0.15) is 30.1 Å². The zero-order chi connectivity index (χ0) is 19.3. The maximum atomic E-state index is 13.9. The number of rotatable bonds is 4. The molecular formula is C16H13F6NO2S. The van der Waals surface area contributed by atoms with E-state index in [0.29, 0.717) is 0 Å². The van der Waals surface area contributed by atoms with Crippen molar-refractivity contribution in [2.75, 3.05) is 6.61 Å². The molecule has 1 atom stereocenters. The fourth-order valence-corrected chi connectivity index (χ4v) is 3.97. The molecule has 1 fully saturated rings. The van der Waals surface area contributed by atoms with Gasteiger partial charge in [-0.1, -0.05) is 0 Å². The standard InChI is InChI=1S/C16H13F6NO2S/c17-8-3-14(4-8,6-23)7-25-10-1-2-11(26-16(20,21)22)12-9(10)5-15(18,19)13(12)24/h1-2,8,13,24H,3-5,7H2. The Labute approximate surface area is 148 Å². The number of benzene rings is 1. The van der Waals surface area contributed by atoms with E-state index in [4.69, 9.17) is 10.00 Å². The van der Waals surface area contributed by atoms with Gasteiger partial charge in [-0.05, 0) is 23.9 Å². The number of fused-ring (bicyclic) bond motifs is 1. The van der Waals surface area contributed by atoms with Gasteiger partial charge in [0.25, 0.3) is 5.92 Å². The van der Waals surface area contributed by atoms with Gasteiger partial charge >= 0.3 is 5.51 Å². The molecule has 3 nitrogen and oxygen atoms in total. The molecule has 0 amide bonds. The molecule has 0 aromatic heterocycles. The quantitative estimate of drug-likeness (QED) is 0.599. The van der Waals surface area contributed by atoms with Crippen molar-refractivity contribution >= 4 is 11.8 Å². The summed E-state index contributed by atoms with van der Waals surface area (Å²) in [4.78, 5) is -0.521. The van der Waals surface area contributed by atoms with E-state index in [9.17, 15) is 31.4 Å². The Balaban J connectivity index is 1.90. The Morgan fingerprint density at radius 3 is 2.50 bits per heavy atom. The van der Waals surface area contributed by atoms with Crippen LogP contribution in [0.15, 0.2) is 17.0 Å². The second kappa shape index (κ2) is 6.23. The SMILES string of the molecule is N#CC1(COc2ccc(SC(F)(F)F)c3c2CC(F)(F)C3O)CC(F)C1. The molecule has 1 N–H and O–H groups in total. The van der Waals surface area contributed by atoms with Crippen molar-refractivity contribution in [3.8, 4) is 11.8 Å². The fraction of sp³-hybridized carbons (Fsp3) is 0.562. The highest BCUT2D eigenvalue weighted by atomic mass is 32.2. The summed E-state index contributed by atoms with van der Waals surface area (Å²) in [5, 5.41) is 18.9. The Hall–Kier alpha value is -1.60. The molecule has 2 aliphatic carbocycles. The van der Waals surface area contributed by atoms with Crippen LogP contribution in [0.25, 0.3) is 0 Å². The maximum Gasteiger partial charge on any atom is 0.446 e. The fourth-order valence-electron chi connectivity index (χ4n) is 3.24. The van der Waals surface area contributed by atoms with E-state index in [2.05, 4.69) is 0 Å². The summed E-state index contributed by atoms with van der Waals surface area (Å²) in [6.45, 7) is -0.260. The van der Waals surface area contributed by atoms with Gasteiger partial charge in [0.15, 0.2) is 0 Å². The summed E-state index contributed by atoms with van der Waals surface area (Å²) >= 11 is -0.587. The number of halogens is 6. The zero-order valence-corrected chi connectivity index (χ0v) is 13.9. The summed E-state index contributed by atoms with van der Waals surface area (Å²) < 4.78 is 84.2. The van der Waals surface area contributed by atoms with Crippen LogP contribution >= 0.6 is 11.8 Å². The van der Waals surface area contributed by atoms with E-state index in [1.165, 1.54) is 0 Å². The molecule has 0 bridgehead atoms. The van der Waals surface area contributed by atoms with Crippen molar-refractivity contribution in [1.29, 1.82) is 5.26 Å². The number of nitrogens with zero attached hydrogens (tertiary/aromatic N) is 1. The highest BCUT2D eigenvalue weighted by Gasteiger charge is 2.51. The van der Waals surface area contributed by atoms with Crippen molar-refractivity contribution in [2.45, 2.75) is 47.9 Å². The smallest absolute Gasteiger partial charge is 0.446 e. The van der Waals surface area contributed by atoms with Crippen LogP contribution in [0.5, 0.6) is 5.75 Å². The van der Waals surface area contributed by atoms with Gasteiger partial charge in [-0.2, -0.15) is 18.4 Å². The van der Waals surface area contributed by atoms with Crippen molar-refractivity contribution in [2.24, 2.45) is 5.41 Å². The summed E-state index contributed by atoms with van der Waals surface area (Å²) in [6, 6.07) is 4.00. The molecule has 2 aliphatic rings. The van der Waals surface area contributed by atoms with Gasteiger partial charge in [-0.3, -0.25) is 0 Å². The van der Waals surface area contributed by atoms with E-state index in [0.717, 1.165) is 12.1 Å². The lowest BCUT2D eigenvalue weighted by Gasteiger charge is -2.37. The number of hydrogen-bond donors (Lipinski definition) is 1. The highest BCUT2D eigenvalue weighted by Crippen LogP contribution is 2.52. The van der Waals surface area contributed by atoms with Crippen LogP contribution in [0.4, 0.5) is 26.3 Å². The lowest BCUT2D eigenvalue weighted by molar-refractivity contribution is -0.0977. The molecule has 1 saturated carbocycles. The molecule has 0 spiro atoms. The first kappa shape index (κ1) is 19.2. The van der Waals surface area contributed by atoms with Crippen LogP contribution < -0.4 is 4.74 Å². The minimum absolute atomic E-state index is 0.0491. The minimum atomic E-state index is -4.71. The van der Waals surface area contributed by atoms with Crippen molar-refractivity contribution in [3.05, 3.63) is 23.3 Å². The number of thioether (sulfide) groups is 1. The van der Waals surface area contributed by atoms with Gasteiger partial charge in [0.2, 0.25) is 0 Å². The Bertz CT molecular complexity index is 754. The third-order valence-corrected chi connectivity index (χ3v) is 5.36. The van der Waals surface area contributed by atoms with E-state index < -0.39 is 57.8 Å². The molecule has 1 unspecified atom stereocenters. The third-order valence-electron chi connectivity index (χ3n) is 4.55. The number of nitriles is 1. The molecule has 0 aliphatic heterocycles. The van der Waals surface area contributed by atoms with Crippen molar-refractivity contribution in [3.63, 3.8) is 0 Å². The van der Waals surface area contributed by atoms with Gasteiger partial charge in [0, 0.05) is 35.3 Å². The van der Waals surface area contributed by atoms with Crippen LogP contribution in [-0.2, 0) is 6.42 Å². The molecule has 3 rings (SSSR count). The predicted molar refractivity (Wildman–Crippen MR) is 79.6 cm³/mol. The molecule has 1 aromatic rings. The Morgan fingerprint density at radius 2 is 1.96 bits per heavy atom. The van der Waals surface area contributed by atoms with Crippen LogP contribution in [0.3, 0.4) is 0 Å². The van der Waals surface area contributed by atoms with Gasteiger partial charge in [0.05, 0.1) is 11.5 Å². The predicted octanol–water partition coefficient (Wildman–Crippen LogP) is 4.54. The number of aliphatic hydroxyl groups is 1.